The number of fused-ring (bicyclic) bond motifs is 4. The Hall–Kier alpha value is -4.09. The molecule has 4 heterocycles. The highest BCUT2D eigenvalue weighted by Gasteiger charge is 2.46. The van der Waals surface area contributed by atoms with Gasteiger partial charge in [0, 0.05) is 49.8 Å². The standard InChI is InChI=1S/C30H38FN5O6/c1-6-13-40-27(38)34-11-9-30(10-12-34)21-15-36(33-26(21)20-8-7-19(2)14-24(20)41-30)18-25(37)32-23-17-35(16-22(23)31)28(39)42-29(3,4)5/h6-8,14-15,22-23H,1,9-13,16-18H2,2-5H3,(H,32,37)/t22-,23+/m1/s1. The first-order valence-corrected chi connectivity index (χ1v) is 14.2. The van der Waals surface area contributed by atoms with E-state index in [9.17, 15) is 18.8 Å². The van der Waals surface area contributed by atoms with Crippen LogP contribution >= 0.6 is 0 Å². The van der Waals surface area contributed by atoms with E-state index in [1.54, 1.807) is 36.5 Å². The SMILES string of the molecule is C=CCOC(=O)N1CCC2(CC1)Oc1cc(C)ccc1-c1nn(CC(=O)N[C@H]3CN(C(=O)OC(C)(C)C)C[C@H]3F)cc12. The molecular weight excluding hydrogens is 545 g/mol. The molecule has 12 heteroatoms. The summed E-state index contributed by atoms with van der Waals surface area (Å²) in [6.07, 6.45) is 1.94. The molecule has 2 atom stereocenters. The Balaban J connectivity index is 1.31. The van der Waals surface area contributed by atoms with Crippen molar-refractivity contribution in [2.24, 2.45) is 0 Å². The summed E-state index contributed by atoms with van der Waals surface area (Å²) in [6, 6.07) is 5.05. The van der Waals surface area contributed by atoms with Crippen molar-refractivity contribution in [3.05, 3.63) is 48.2 Å². The molecule has 226 valence electrons. The van der Waals surface area contributed by atoms with Gasteiger partial charge in [0.1, 0.15) is 42.0 Å². The van der Waals surface area contributed by atoms with Crippen LogP contribution in [-0.2, 0) is 26.4 Å². The van der Waals surface area contributed by atoms with Crippen molar-refractivity contribution >= 4 is 18.1 Å². The zero-order valence-corrected chi connectivity index (χ0v) is 24.5. The number of hydrogen-bond donors (Lipinski definition) is 1. The average molecular weight is 584 g/mol. The van der Waals surface area contributed by atoms with Crippen molar-refractivity contribution in [1.29, 1.82) is 0 Å². The number of benzene rings is 1. The third kappa shape index (κ3) is 6.07. The molecule has 0 aliphatic carbocycles. The van der Waals surface area contributed by atoms with Crippen LogP contribution in [0, 0.1) is 6.92 Å². The van der Waals surface area contributed by atoms with Gasteiger partial charge in [0.15, 0.2) is 0 Å². The third-order valence-corrected chi connectivity index (χ3v) is 7.66. The summed E-state index contributed by atoms with van der Waals surface area (Å²) in [5.41, 5.74) is 1.98. The second kappa shape index (κ2) is 11.3. The smallest absolute Gasteiger partial charge is 0.410 e. The topological polar surface area (TPSA) is 115 Å². The first kappa shape index (κ1) is 29.4. The molecule has 3 aliphatic rings. The lowest BCUT2D eigenvalue weighted by Gasteiger charge is -2.43. The van der Waals surface area contributed by atoms with E-state index >= 15 is 0 Å². The normalized spacial score (nSPS) is 20.8. The third-order valence-electron chi connectivity index (χ3n) is 7.66. The van der Waals surface area contributed by atoms with Crippen LogP contribution in [0.5, 0.6) is 5.75 Å². The molecule has 1 aromatic heterocycles. The molecule has 2 saturated heterocycles. The summed E-state index contributed by atoms with van der Waals surface area (Å²) in [4.78, 5) is 40.8. The van der Waals surface area contributed by atoms with Gasteiger partial charge in [0.2, 0.25) is 5.91 Å². The summed E-state index contributed by atoms with van der Waals surface area (Å²) >= 11 is 0. The number of aromatic nitrogens is 2. The van der Waals surface area contributed by atoms with E-state index in [-0.39, 0.29) is 26.2 Å². The van der Waals surface area contributed by atoms with Gasteiger partial charge in [-0.2, -0.15) is 5.10 Å². The number of ether oxygens (including phenoxy) is 3. The van der Waals surface area contributed by atoms with Gasteiger partial charge >= 0.3 is 12.2 Å². The number of nitrogens with one attached hydrogen (secondary N) is 1. The highest BCUT2D eigenvalue weighted by molar-refractivity contribution is 5.78. The summed E-state index contributed by atoms with van der Waals surface area (Å²) in [5.74, 6) is 0.278. The molecular formula is C30H38FN5O6. The summed E-state index contributed by atoms with van der Waals surface area (Å²) in [7, 11) is 0. The molecule has 5 rings (SSSR count). The Kier molecular flexibility index (Phi) is 7.91. The zero-order chi connectivity index (χ0) is 30.2. The van der Waals surface area contributed by atoms with Crippen molar-refractivity contribution in [2.75, 3.05) is 32.8 Å². The number of piperidine rings is 1. The van der Waals surface area contributed by atoms with Gasteiger partial charge < -0.3 is 29.3 Å². The number of carbonyl (C=O) groups is 3. The molecule has 1 N–H and O–H groups in total. The first-order valence-electron chi connectivity index (χ1n) is 14.2. The van der Waals surface area contributed by atoms with E-state index in [0.717, 1.165) is 16.7 Å². The molecule has 0 radical (unpaired) electrons. The Morgan fingerprint density at radius 2 is 1.93 bits per heavy atom. The predicted molar refractivity (Wildman–Crippen MR) is 152 cm³/mol. The minimum atomic E-state index is -1.41. The van der Waals surface area contributed by atoms with E-state index in [1.807, 2.05) is 25.1 Å². The van der Waals surface area contributed by atoms with Crippen LogP contribution in [0.2, 0.25) is 0 Å². The highest BCUT2D eigenvalue weighted by Crippen LogP contribution is 2.49. The number of amides is 3. The van der Waals surface area contributed by atoms with E-state index in [1.165, 1.54) is 11.0 Å². The average Bonchev–Trinajstić information content (AvgIpc) is 3.50. The van der Waals surface area contributed by atoms with Gasteiger partial charge in [-0.1, -0.05) is 18.7 Å². The lowest BCUT2D eigenvalue weighted by atomic mass is 9.81. The van der Waals surface area contributed by atoms with Crippen LogP contribution in [0.3, 0.4) is 0 Å². The fraction of sp³-hybridized carbons (Fsp3) is 0.533. The molecule has 42 heavy (non-hydrogen) atoms. The van der Waals surface area contributed by atoms with Crippen LogP contribution < -0.4 is 10.1 Å². The van der Waals surface area contributed by atoms with Crippen molar-refractivity contribution in [3.63, 3.8) is 0 Å². The number of halogens is 1. The minimum Gasteiger partial charge on any atom is -0.482 e. The van der Waals surface area contributed by atoms with E-state index in [0.29, 0.717) is 37.4 Å². The lowest BCUT2D eigenvalue weighted by molar-refractivity contribution is -0.122. The zero-order valence-electron chi connectivity index (χ0n) is 24.5. The number of rotatable bonds is 5. The monoisotopic (exact) mass is 583 g/mol. The fourth-order valence-electron chi connectivity index (χ4n) is 5.63. The molecule has 0 saturated carbocycles. The number of alkyl halides is 1. The quantitative estimate of drug-likeness (QED) is 0.531. The molecule has 1 aromatic carbocycles. The Bertz CT molecular complexity index is 1380. The number of likely N-dealkylation sites (tertiary alicyclic amines) is 2. The van der Waals surface area contributed by atoms with Gasteiger partial charge in [0.05, 0.1) is 12.6 Å². The maximum atomic E-state index is 14.8. The molecule has 1 spiro atoms. The summed E-state index contributed by atoms with van der Waals surface area (Å²) in [6.45, 7) is 11.5. The molecule has 2 aromatic rings. The molecule has 2 fully saturated rings. The van der Waals surface area contributed by atoms with Crippen LogP contribution in [0.25, 0.3) is 11.3 Å². The second-order valence-corrected chi connectivity index (χ2v) is 12.1. The first-order chi connectivity index (χ1) is 19.9. The van der Waals surface area contributed by atoms with Gasteiger partial charge in [-0.15, -0.1) is 0 Å². The van der Waals surface area contributed by atoms with Crippen LogP contribution in [0.1, 0.15) is 44.7 Å². The molecule has 3 amide bonds. The van der Waals surface area contributed by atoms with Crippen LogP contribution in [-0.4, -0.2) is 88.3 Å². The maximum Gasteiger partial charge on any atom is 0.410 e. The van der Waals surface area contributed by atoms with Crippen molar-refractivity contribution in [2.45, 2.75) is 70.5 Å². The largest absolute Gasteiger partial charge is 0.482 e. The van der Waals surface area contributed by atoms with Gasteiger partial charge in [-0.05, 0) is 45.4 Å². The number of hydrogen-bond acceptors (Lipinski definition) is 7. The van der Waals surface area contributed by atoms with Crippen molar-refractivity contribution in [3.8, 4) is 17.0 Å². The predicted octanol–water partition coefficient (Wildman–Crippen LogP) is 3.94. The van der Waals surface area contributed by atoms with Gasteiger partial charge in [0.25, 0.3) is 0 Å². The van der Waals surface area contributed by atoms with E-state index < -0.39 is 41.5 Å². The Labute approximate surface area is 244 Å². The summed E-state index contributed by atoms with van der Waals surface area (Å²) < 4.78 is 33.5. The van der Waals surface area contributed by atoms with Gasteiger partial charge in [-0.3, -0.25) is 9.48 Å². The Morgan fingerprint density at radius 1 is 1.19 bits per heavy atom. The van der Waals surface area contributed by atoms with Crippen molar-refractivity contribution in [1.82, 2.24) is 24.9 Å². The molecule has 0 unspecified atom stereocenters. The Morgan fingerprint density at radius 3 is 2.62 bits per heavy atom. The molecule has 0 bridgehead atoms. The fourth-order valence-corrected chi connectivity index (χ4v) is 5.63. The number of aryl methyl sites for hydroxylation is 1. The summed E-state index contributed by atoms with van der Waals surface area (Å²) in [5, 5.41) is 7.48. The lowest BCUT2D eigenvalue weighted by Crippen LogP contribution is -2.49. The number of nitrogens with zero attached hydrogens (tertiary/aromatic N) is 4. The number of carbonyl (C=O) groups excluding carboxylic acids is 3. The van der Waals surface area contributed by atoms with Gasteiger partial charge in [-0.25, -0.2) is 14.0 Å². The van der Waals surface area contributed by atoms with E-state index in [4.69, 9.17) is 19.3 Å². The van der Waals surface area contributed by atoms with E-state index in [2.05, 4.69) is 11.9 Å². The van der Waals surface area contributed by atoms with Crippen LogP contribution in [0.4, 0.5) is 14.0 Å². The van der Waals surface area contributed by atoms with Crippen LogP contribution in [0.15, 0.2) is 37.1 Å². The second-order valence-electron chi connectivity index (χ2n) is 12.1. The minimum absolute atomic E-state index is 0.0207. The highest BCUT2D eigenvalue weighted by atomic mass is 19.1. The van der Waals surface area contributed by atoms with Crippen molar-refractivity contribution < 1.29 is 33.0 Å². The maximum absolute atomic E-state index is 14.8. The molecule has 11 nitrogen and oxygen atoms in total. The molecule has 3 aliphatic heterocycles.